The normalized spacial score (nSPS) is 12.1. The topological polar surface area (TPSA) is 84.5 Å². The third-order valence-electron chi connectivity index (χ3n) is 4.67. The monoisotopic (exact) mass is 438 g/mol. The Bertz CT molecular complexity index is 1160. The van der Waals surface area contributed by atoms with E-state index in [2.05, 4.69) is 10.0 Å². The van der Waals surface area contributed by atoms with Crippen molar-refractivity contribution in [2.75, 3.05) is 11.3 Å². The van der Waals surface area contributed by atoms with Gasteiger partial charge in [0.15, 0.2) is 0 Å². The molecule has 1 amide bonds. The van der Waals surface area contributed by atoms with E-state index in [9.17, 15) is 13.2 Å². The number of carbonyl (C=O) groups excluding carboxylic acids is 1. The highest BCUT2D eigenvalue weighted by molar-refractivity contribution is 7.92. The van der Waals surface area contributed by atoms with Crippen molar-refractivity contribution in [1.29, 1.82) is 0 Å². The van der Waals surface area contributed by atoms with Crippen LogP contribution in [0.5, 0.6) is 5.75 Å². The molecule has 0 fully saturated rings. The van der Waals surface area contributed by atoms with Crippen molar-refractivity contribution in [1.82, 2.24) is 5.32 Å². The Morgan fingerprint density at radius 3 is 2.39 bits per heavy atom. The highest BCUT2D eigenvalue weighted by atomic mass is 32.2. The molecule has 31 heavy (non-hydrogen) atoms. The van der Waals surface area contributed by atoms with Gasteiger partial charge >= 0.3 is 0 Å². The highest BCUT2D eigenvalue weighted by Crippen LogP contribution is 2.18. The lowest BCUT2D eigenvalue weighted by molar-refractivity contribution is 0.0926. The smallest absolute Gasteiger partial charge is 0.261 e. The Kier molecular flexibility index (Phi) is 6.97. The van der Waals surface area contributed by atoms with Crippen molar-refractivity contribution in [3.8, 4) is 5.75 Å². The summed E-state index contributed by atoms with van der Waals surface area (Å²) in [5.41, 5.74) is 2.66. The molecule has 0 bridgehead atoms. The Morgan fingerprint density at radius 2 is 1.68 bits per heavy atom. The lowest BCUT2D eigenvalue weighted by Gasteiger charge is -2.16. The van der Waals surface area contributed by atoms with Crippen LogP contribution in [0.15, 0.2) is 77.7 Å². The zero-order valence-corrected chi connectivity index (χ0v) is 18.6. The summed E-state index contributed by atoms with van der Waals surface area (Å²) in [5.74, 6) is 0.466. The fraction of sp³-hybridized carbons (Fsp3) is 0.208. The number of ether oxygens (including phenoxy) is 1. The summed E-state index contributed by atoms with van der Waals surface area (Å²) in [7, 11) is -3.74. The van der Waals surface area contributed by atoms with E-state index < -0.39 is 10.0 Å². The summed E-state index contributed by atoms with van der Waals surface area (Å²) in [4.78, 5) is 12.8. The number of hydrogen-bond donors (Lipinski definition) is 2. The molecular weight excluding hydrogens is 412 g/mol. The Hall–Kier alpha value is -3.32. The summed E-state index contributed by atoms with van der Waals surface area (Å²) in [6.45, 7) is 6.01. The van der Waals surface area contributed by atoms with Gasteiger partial charge in [0.2, 0.25) is 0 Å². The fourth-order valence-corrected chi connectivity index (χ4v) is 3.99. The van der Waals surface area contributed by atoms with Gasteiger partial charge < -0.3 is 10.1 Å². The van der Waals surface area contributed by atoms with E-state index in [0.29, 0.717) is 17.9 Å². The van der Waals surface area contributed by atoms with Crippen LogP contribution in [0.4, 0.5) is 5.69 Å². The van der Waals surface area contributed by atoms with Gasteiger partial charge in [0, 0.05) is 11.3 Å². The number of hydrogen-bond acceptors (Lipinski definition) is 4. The maximum absolute atomic E-state index is 12.6. The fourth-order valence-electron chi connectivity index (χ4n) is 2.94. The predicted molar refractivity (Wildman–Crippen MR) is 122 cm³/mol. The van der Waals surface area contributed by atoms with Gasteiger partial charge in [-0.25, -0.2) is 8.42 Å². The van der Waals surface area contributed by atoms with Gasteiger partial charge in [0.1, 0.15) is 12.4 Å². The third-order valence-corrected chi connectivity index (χ3v) is 6.07. The van der Waals surface area contributed by atoms with Gasteiger partial charge in [-0.15, -0.1) is 0 Å². The zero-order chi connectivity index (χ0) is 22.4. The average Bonchev–Trinajstić information content (AvgIpc) is 2.73. The van der Waals surface area contributed by atoms with Gasteiger partial charge in [-0.1, -0.05) is 42.0 Å². The minimum atomic E-state index is -3.74. The van der Waals surface area contributed by atoms with E-state index in [0.717, 1.165) is 16.9 Å². The maximum atomic E-state index is 12.6. The molecule has 6 nitrogen and oxygen atoms in total. The molecule has 0 radical (unpaired) electrons. The first kappa shape index (κ1) is 22.4. The first-order valence-corrected chi connectivity index (χ1v) is 11.4. The van der Waals surface area contributed by atoms with Crippen LogP contribution in [0.25, 0.3) is 0 Å². The molecule has 0 heterocycles. The van der Waals surface area contributed by atoms with Crippen LogP contribution >= 0.6 is 0 Å². The summed E-state index contributed by atoms with van der Waals surface area (Å²) in [6, 6.07) is 20.4. The molecule has 7 heteroatoms. The average molecular weight is 439 g/mol. The summed E-state index contributed by atoms with van der Waals surface area (Å²) in [5, 5.41) is 2.87. The Morgan fingerprint density at radius 1 is 0.968 bits per heavy atom. The van der Waals surface area contributed by atoms with Crippen LogP contribution in [0.1, 0.15) is 28.4 Å². The van der Waals surface area contributed by atoms with Gasteiger partial charge in [-0.05, 0) is 62.7 Å². The SMILES string of the molecule is Cc1ccc(S(=O)(=O)Nc2cccc(C(=O)N[C@H](C)COc3ccccc3C)c2)cc1. The van der Waals surface area contributed by atoms with Gasteiger partial charge in [0.25, 0.3) is 15.9 Å². The lowest BCUT2D eigenvalue weighted by atomic mass is 10.2. The maximum Gasteiger partial charge on any atom is 0.261 e. The first-order chi connectivity index (χ1) is 14.7. The molecule has 162 valence electrons. The lowest BCUT2D eigenvalue weighted by Crippen LogP contribution is -2.36. The molecule has 0 aliphatic carbocycles. The molecule has 0 saturated heterocycles. The van der Waals surface area contributed by atoms with Crippen molar-refractivity contribution in [2.24, 2.45) is 0 Å². The van der Waals surface area contributed by atoms with Crippen molar-refractivity contribution >= 4 is 21.6 Å². The molecule has 0 spiro atoms. The molecule has 2 N–H and O–H groups in total. The van der Waals surface area contributed by atoms with Crippen LogP contribution in [-0.2, 0) is 10.0 Å². The molecule has 0 saturated carbocycles. The second kappa shape index (κ2) is 9.66. The molecule has 0 aromatic heterocycles. The first-order valence-electron chi connectivity index (χ1n) is 9.93. The van der Waals surface area contributed by atoms with Gasteiger partial charge in [-0.2, -0.15) is 0 Å². The summed E-state index contributed by atoms with van der Waals surface area (Å²) >= 11 is 0. The minimum Gasteiger partial charge on any atom is -0.491 e. The van der Waals surface area contributed by atoms with E-state index in [1.807, 2.05) is 45.0 Å². The van der Waals surface area contributed by atoms with E-state index in [-0.39, 0.29) is 16.8 Å². The largest absolute Gasteiger partial charge is 0.491 e. The number of nitrogens with one attached hydrogen (secondary N) is 2. The predicted octanol–water partition coefficient (Wildman–Crippen LogP) is 4.30. The van der Waals surface area contributed by atoms with E-state index in [4.69, 9.17) is 4.74 Å². The molecule has 0 aliphatic rings. The van der Waals surface area contributed by atoms with Crippen LogP contribution in [-0.4, -0.2) is 27.0 Å². The molecule has 3 aromatic rings. The molecule has 0 unspecified atom stereocenters. The van der Waals surface area contributed by atoms with E-state index in [1.165, 1.54) is 6.07 Å². The number of para-hydroxylation sites is 1. The quantitative estimate of drug-likeness (QED) is 0.549. The standard InChI is InChI=1S/C24H26N2O4S/c1-17-11-13-22(14-12-17)31(28,29)26-21-9-6-8-20(15-21)24(27)25-19(3)16-30-23-10-5-4-7-18(23)2/h4-15,19,26H,16H2,1-3H3,(H,25,27)/t19-/m1/s1. The number of anilines is 1. The Labute approximate surface area is 183 Å². The van der Waals surface area contributed by atoms with Crippen molar-refractivity contribution in [3.05, 3.63) is 89.5 Å². The van der Waals surface area contributed by atoms with Gasteiger partial charge in [-0.3, -0.25) is 9.52 Å². The number of benzene rings is 3. The number of carbonyl (C=O) groups is 1. The summed E-state index contributed by atoms with van der Waals surface area (Å²) < 4.78 is 33.5. The second-order valence-corrected chi connectivity index (χ2v) is 9.13. The molecule has 3 aromatic carbocycles. The van der Waals surface area contributed by atoms with Crippen molar-refractivity contribution < 1.29 is 17.9 Å². The zero-order valence-electron chi connectivity index (χ0n) is 17.8. The van der Waals surface area contributed by atoms with Crippen LogP contribution in [0.3, 0.4) is 0 Å². The van der Waals surface area contributed by atoms with Gasteiger partial charge in [0.05, 0.1) is 10.9 Å². The highest BCUT2D eigenvalue weighted by Gasteiger charge is 2.16. The Balaban J connectivity index is 1.63. The molecular formula is C24H26N2O4S. The molecule has 1 atom stereocenters. The van der Waals surface area contributed by atoms with Crippen LogP contribution in [0.2, 0.25) is 0 Å². The van der Waals surface area contributed by atoms with Crippen LogP contribution < -0.4 is 14.8 Å². The summed E-state index contributed by atoms with van der Waals surface area (Å²) in [6.07, 6.45) is 0. The van der Waals surface area contributed by atoms with E-state index >= 15 is 0 Å². The number of sulfonamides is 1. The molecule has 3 rings (SSSR count). The van der Waals surface area contributed by atoms with Crippen LogP contribution in [0, 0.1) is 13.8 Å². The number of rotatable bonds is 8. The minimum absolute atomic E-state index is 0.162. The second-order valence-electron chi connectivity index (χ2n) is 7.45. The third kappa shape index (κ3) is 6.08. The van der Waals surface area contributed by atoms with Crippen molar-refractivity contribution in [2.45, 2.75) is 31.7 Å². The van der Waals surface area contributed by atoms with Crippen molar-refractivity contribution in [3.63, 3.8) is 0 Å². The van der Waals surface area contributed by atoms with E-state index in [1.54, 1.807) is 42.5 Å². The number of aryl methyl sites for hydroxylation is 2. The molecule has 0 aliphatic heterocycles. The number of amides is 1.